The van der Waals surface area contributed by atoms with E-state index >= 15 is 0 Å². The summed E-state index contributed by atoms with van der Waals surface area (Å²) in [6, 6.07) is 0.0351. The van der Waals surface area contributed by atoms with Crippen LogP contribution in [-0.4, -0.2) is 43.4 Å². The summed E-state index contributed by atoms with van der Waals surface area (Å²) >= 11 is 0. The van der Waals surface area contributed by atoms with Gasteiger partial charge in [0.1, 0.15) is 16.8 Å². The number of pyridine rings is 1. The average Bonchev–Trinajstić information content (AvgIpc) is 2.87. The SMILES string of the molecule is COC(=O)C1CCCN1S(=O)(=O)c1cncc(F)c1. The van der Waals surface area contributed by atoms with Crippen LogP contribution in [-0.2, 0) is 19.6 Å². The molecule has 0 bridgehead atoms. The van der Waals surface area contributed by atoms with Gasteiger partial charge < -0.3 is 4.74 Å². The van der Waals surface area contributed by atoms with Crippen LogP contribution in [0.15, 0.2) is 23.4 Å². The summed E-state index contributed by atoms with van der Waals surface area (Å²) < 4.78 is 43.3. The maximum atomic E-state index is 13.1. The third kappa shape index (κ3) is 2.59. The van der Waals surface area contributed by atoms with E-state index in [0.29, 0.717) is 12.8 Å². The molecule has 1 saturated heterocycles. The van der Waals surface area contributed by atoms with Crippen LogP contribution < -0.4 is 0 Å². The summed E-state index contributed by atoms with van der Waals surface area (Å²) in [6.07, 6.45) is 2.93. The largest absolute Gasteiger partial charge is 0.468 e. The normalized spacial score (nSPS) is 20.4. The lowest BCUT2D eigenvalue weighted by atomic mass is 10.2. The van der Waals surface area contributed by atoms with Crippen molar-refractivity contribution in [2.75, 3.05) is 13.7 Å². The molecule has 0 radical (unpaired) electrons. The second-order valence-corrected chi connectivity index (χ2v) is 6.03. The van der Waals surface area contributed by atoms with Gasteiger partial charge in [-0.05, 0) is 18.9 Å². The van der Waals surface area contributed by atoms with E-state index in [1.165, 1.54) is 7.11 Å². The summed E-state index contributed by atoms with van der Waals surface area (Å²) in [5.41, 5.74) is 0. The highest BCUT2D eigenvalue weighted by molar-refractivity contribution is 7.89. The maximum absolute atomic E-state index is 13.1. The Morgan fingerprint density at radius 2 is 2.26 bits per heavy atom. The Morgan fingerprint density at radius 3 is 2.89 bits per heavy atom. The predicted molar refractivity (Wildman–Crippen MR) is 63.1 cm³/mol. The molecule has 0 aliphatic carbocycles. The molecule has 19 heavy (non-hydrogen) atoms. The van der Waals surface area contributed by atoms with Gasteiger partial charge in [0.2, 0.25) is 10.0 Å². The molecule has 1 unspecified atom stereocenters. The molecule has 2 heterocycles. The van der Waals surface area contributed by atoms with Gasteiger partial charge in [-0.25, -0.2) is 12.8 Å². The second kappa shape index (κ2) is 5.22. The van der Waals surface area contributed by atoms with Crippen LogP contribution in [0.1, 0.15) is 12.8 Å². The number of carbonyl (C=O) groups is 1. The fraction of sp³-hybridized carbons (Fsp3) is 0.455. The van der Waals surface area contributed by atoms with Crippen molar-refractivity contribution in [1.29, 1.82) is 0 Å². The summed E-state index contributed by atoms with van der Waals surface area (Å²) in [5.74, 6) is -1.35. The van der Waals surface area contributed by atoms with Crippen molar-refractivity contribution >= 4 is 16.0 Å². The Hall–Kier alpha value is -1.54. The van der Waals surface area contributed by atoms with E-state index in [1.54, 1.807) is 0 Å². The lowest BCUT2D eigenvalue weighted by molar-refractivity contribution is -0.144. The molecule has 1 aromatic rings. The van der Waals surface area contributed by atoms with Crippen LogP contribution in [0.4, 0.5) is 4.39 Å². The first-order chi connectivity index (χ1) is 8.96. The van der Waals surface area contributed by atoms with E-state index in [0.717, 1.165) is 22.8 Å². The number of carbonyl (C=O) groups excluding carboxylic acids is 1. The first kappa shape index (κ1) is 13.9. The highest BCUT2D eigenvalue weighted by Gasteiger charge is 2.40. The van der Waals surface area contributed by atoms with Crippen molar-refractivity contribution in [1.82, 2.24) is 9.29 Å². The topological polar surface area (TPSA) is 76.6 Å². The fourth-order valence-corrected chi connectivity index (χ4v) is 3.69. The summed E-state index contributed by atoms with van der Waals surface area (Å²) in [4.78, 5) is 14.8. The van der Waals surface area contributed by atoms with Gasteiger partial charge in [-0.15, -0.1) is 0 Å². The first-order valence-corrected chi connectivity index (χ1v) is 7.11. The average molecular weight is 288 g/mol. The highest BCUT2D eigenvalue weighted by Crippen LogP contribution is 2.26. The molecule has 1 aliphatic rings. The van der Waals surface area contributed by atoms with Crippen molar-refractivity contribution in [2.24, 2.45) is 0 Å². The monoisotopic (exact) mass is 288 g/mol. The minimum Gasteiger partial charge on any atom is -0.468 e. The number of sulfonamides is 1. The van der Waals surface area contributed by atoms with Gasteiger partial charge in [0.05, 0.1) is 13.3 Å². The van der Waals surface area contributed by atoms with Crippen molar-refractivity contribution < 1.29 is 22.3 Å². The zero-order valence-corrected chi connectivity index (χ0v) is 11.1. The number of hydrogen-bond donors (Lipinski definition) is 0. The number of halogens is 1. The van der Waals surface area contributed by atoms with Gasteiger partial charge in [-0.3, -0.25) is 9.78 Å². The van der Waals surface area contributed by atoms with Gasteiger partial charge in [0.25, 0.3) is 0 Å². The van der Waals surface area contributed by atoms with Gasteiger partial charge in [0.15, 0.2) is 0 Å². The van der Waals surface area contributed by atoms with Crippen molar-refractivity contribution in [3.8, 4) is 0 Å². The summed E-state index contributed by atoms with van der Waals surface area (Å²) in [6.45, 7) is 0.207. The maximum Gasteiger partial charge on any atom is 0.324 e. The summed E-state index contributed by atoms with van der Waals surface area (Å²) in [7, 11) is -2.73. The van der Waals surface area contributed by atoms with Crippen molar-refractivity contribution in [3.63, 3.8) is 0 Å². The Bertz CT molecular complexity index is 590. The van der Waals surface area contributed by atoms with E-state index in [-0.39, 0.29) is 11.4 Å². The molecule has 8 heteroatoms. The number of methoxy groups -OCH3 is 1. The lowest BCUT2D eigenvalue weighted by Crippen LogP contribution is -2.41. The van der Waals surface area contributed by atoms with Crippen LogP contribution in [0.5, 0.6) is 0 Å². The zero-order chi connectivity index (χ0) is 14.0. The molecule has 1 aliphatic heterocycles. The molecule has 0 amide bonds. The van der Waals surface area contributed by atoms with Crippen LogP contribution >= 0.6 is 0 Å². The standard InChI is InChI=1S/C11H13FN2O4S/c1-18-11(15)10-3-2-4-14(10)19(16,17)9-5-8(12)6-13-7-9/h5-7,10H,2-4H2,1H3. The number of nitrogens with zero attached hydrogens (tertiary/aromatic N) is 2. The quantitative estimate of drug-likeness (QED) is 0.759. The van der Waals surface area contributed by atoms with Gasteiger partial charge in [0, 0.05) is 12.7 Å². The molecular formula is C11H13FN2O4S. The van der Waals surface area contributed by atoms with Gasteiger partial charge >= 0.3 is 5.97 Å². The van der Waals surface area contributed by atoms with E-state index in [4.69, 9.17) is 0 Å². The molecule has 0 spiro atoms. The molecule has 1 aromatic heterocycles. The smallest absolute Gasteiger partial charge is 0.324 e. The molecule has 1 atom stereocenters. The highest BCUT2D eigenvalue weighted by atomic mass is 32.2. The third-order valence-corrected chi connectivity index (χ3v) is 4.84. The molecule has 104 valence electrons. The molecule has 0 aromatic carbocycles. The number of esters is 1. The van der Waals surface area contributed by atoms with Crippen LogP contribution in [0.3, 0.4) is 0 Å². The van der Waals surface area contributed by atoms with Gasteiger partial charge in [-0.2, -0.15) is 4.31 Å². The van der Waals surface area contributed by atoms with E-state index in [2.05, 4.69) is 9.72 Å². The van der Waals surface area contributed by atoms with Crippen molar-refractivity contribution in [3.05, 3.63) is 24.3 Å². The number of rotatable bonds is 3. The molecular weight excluding hydrogens is 275 g/mol. The van der Waals surface area contributed by atoms with Crippen LogP contribution in [0.25, 0.3) is 0 Å². The lowest BCUT2D eigenvalue weighted by Gasteiger charge is -2.21. The summed E-state index contributed by atoms with van der Waals surface area (Å²) in [5, 5.41) is 0. The Balaban J connectivity index is 2.36. The Kier molecular flexibility index (Phi) is 3.81. The van der Waals surface area contributed by atoms with Crippen LogP contribution in [0.2, 0.25) is 0 Å². The van der Waals surface area contributed by atoms with Crippen LogP contribution in [0, 0.1) is 5.82 Å². The Morgan fingerprint density at radius 1 is 1.53 bits per heavy atom. The molecule has 0 saturated carbocycles. The first-order valence-electron chi connectivity index (χ1n) is 5.67. The van der Waals surface area contributed by atoms with Gasteiger partial charge in [-0.1, -0.05) is 0 Å². The number of ether oxygens (including phenoxy) is 1. The molecule has 2 rings (SSSR count). The van der Waals surface area contributed by atoms with E-state index in [1.807, 2.05) is 0 Å². The third-order valence-electron chi connectivity index (χ3n) is 2.96. The number of aromatic nitrogens is 1. The predicted octanol–water partition coefficient (Wildman–Crippen LogP) is 0.547. The zero-order valence-electron chi connectivity index (χ0n) is 10.2. The van der Waals surface area contributed by atoms with E-state index < -0.39 is 27.9 Å². The number of hydrogen-bond acceptors (Lipinski definition) is 5. The minimum absolute atomic E-state index is 0.207. The molecule has 1 fully saturated rings. The Labute approximate surface area is 110 Å². The fourth-order valence-electron chi connectivity index (χ4n) is 2.07. The minimum atomic E-state index is -3.94. The second-order valence-electron chi connectivity index (χ2n) is 4.14. The molecule has 6 nitrogen and oxygen atoms in total. The van der Waals surface area contributed by atoms with Crippen molar-refractivity contribution in [2.45, 2.75) is 23.8 Å². The molecule has 0 N–H and O–H groups in total. The van der Waals surface area contributed by atoms with E-state index in [9.17, 15) is 17.6 Å².